The lowest BCUT2D eigenvalue weighted by Gasteiger charge is -2.39. The molecular formula is C8H16N2O. The average molecular weight is 156 g/mol. The van der Waals surface area contributed by atoms with Crippen LogP contribution < -0.4 is 5.32 Å². The van der Waals surface area contributed by atoms with Crippen molar-refractivity contribution < 1.29 is 5.11 Å². The van der Waals surface area contributed by atoms with Crippen LogP contribution in [0.2, 0.25) is 0 Å². The van der Waals surface area contributed by atoms with Gasteiger partial charge in [0.1, 0.15) is 0 Å². The number of hydrogen-bond donors (Lipinski definition) is 2. The van der Waals surface area contributed by atoms with Gasteiger partial charge >= 0.3 is 0 Å². The zero-order valence-corrected chi connectivity index (χ0v) is 7.01. The van der Waals surface area contributed by atoms with E-state index in [1.54, 1.807) is 0 Å². The van der Waals surface area contributed by atoms with E-state index in [1.807, 2.05) is 0 Å². The Morgan fingerprint density at radius 3 is 3.18 bits per heavy atom. The number of piperazine rings is 1. The first-order chi connectivity index (χ1) is 5.21. The minimum absolute atomic E-state index is 0.0973. The quantitative estimate of drug-likeness (QED) is 0.492. The van der Waals surface area contributed by atoms with Crippen LogP contribution in [0.3, 0.4) is 0 Å². The summed E-state index contributed by atoms with van der Waals surface area (Å²) in [7, 11) is 0. The van der Waals surface area contributed by atoms with Crippen molar-refractivity contribution in [3.05, 3.63) is 0 Å². The van der Waals surface area contributed by atoms with Crippen molar-refractivity contribution in [1.29, 1.82) is 0 Å². The van der Waals surface area contributed by atoms with Crippen LogP contribution >= 0.6 is 0 Å². The molecule has 2 aliphatic heterocycles. The first kappa shape index (κ1) is 7.53. The summed E-state index contributed by atoms with van der Waals surface area (Å²) >= 11 is 0. The highest BCUT2D eigenvalue weighted by atomic mass is 16.3. The summed E-state index contributed by atoms with van der Waals surface area (Å²) < 4.78 is 0. The van der Waals surface area contributed by atoms with Crippen molar-refractivity contribution in [3.63, 3.8) is 0 Å². The molecule has 64 valence electrons. The minimum Gasteiger partial charge on any atom is -0.392 e. The molecule has 0 aliphatic carbocycles. The molecule has 2 atom stereocenters. The van der Waals surface area contributed by atoms with Crippen molar-refractivity contribution >= 4 is 0 Å². The summed E-state index contributed by atoms with van der Waals surface area (Å²) in [4.78, 5) is 2.40. The van der Waals surface area contributed by atoms with Crippen LogP contribution in [0.5, 0.6) is 0 Å². The largest absolute Gasteiger partial charge is 0.392 e. The van der Waals surface area contributed by atoms with E-state index in [9.17, 15) is 5.11 Å². The molecule has 0 aromatic heterocycles. The summed E-state index contributed by atoms with van der Waals surface area (Å²) in [5, 5.41) is 12.8. The Morgan fingerprint density at radius 2 is 2.45 bits per heavy atom. The summed E-state index contributed by atoms with van der Waals surface area (Å²) in [5.74, 6) is 0. The molecule has 0 aromatic carbocycles. The fraction of sp³-hybridized carbons (Fsp3) is 1.00. The Kier molecular flexibility index (Phi) is 1.67. The van der Waals surface area contributed by atoms with E-state index in [0.717, 1.165) is 32.6 Å². The fourth-order valence-corrected chi connectivity index (χ4v) is 2.29. The Balaban J connectivity index is 2.11. The predicted octanol–water partition coefficient (Wildman–Crippen LogP) is -0.585. The van der Waals surface area contributed by atoms with Crippen molar-refractivity contribution in [1.82, 2.24) is 10.2 Å². The molecule has 2 saturated heterocycles. The van der Waals surface area contributed by atoms with E-state index < -0.39 is 0 Å². The molecule has 2 unspecified atom stereocenters. The molecular weight excluding hydrogens is 140 g/mol. The molecule has 2 rings (SSSR count). The van der Waals surface area contributed by atoms with Crippen molar-refractivity contribution in [3.8, 4) is 0 Å². The normalized spacial score (nSPS) is 45.8. The molecule has 3 nitrogen and oxygen atoms in total. The smallest absolute Gasteiger partial charge is 0.0685 e. The number of nitrogens with zero attached hydrogens (tertiary/aromatic N) is 1. The zero-order chi connectivity index (χ0) is 7.90. The van der Waals surface area contributed by atoms with Gasteiger partial charge in [-0.25, -0.2) is 0 Å². The first-order valence-electron chi connectivity index (χ1n) is 4.34. The predicted molar refractivity (Wildman–Crippen MR) is 43.5 cm³/mol. The van der Waals surface area contributed by atoms with E-state index >= 15 is 0 Å². The van der Waals surface area contributed by atoms with Crippen molar-refractivity contribution in [2.24, 2.45) is 0 Å². The zero-order valence-electron chi connectivity index (χ0n) is 7.01. The number of hydrogen-bond acceptors (Lipinski definition) is 3. The van der Waals surface area contributed by atoms with Gasteiger partial charge in [0.2, 0.25) is 0 Å². The molecule has 3 heteroatoms. The SMILES string of the molecule is CC12CNCCN1CC(O)C2. The lowest BCUT2D eigenvalue weighted by atomic mass is 9.96. The molecule has 2 aliphatic rings. The maximum Gasteiger partial charge on any atom is 0.0685 e. The van der Waals surface area contributed by atoms with Gasteiger partial charge in [0, 0.05) is 31.7 Å². The monoisotopic (exact) mass is 156 g/mol. The standard InChI is InChI=1S/C8H16N2O/c1-8-4-7(11)5-10(8)3-2-9-6-8/h7,9,11H,2-6H2,1H3. The van der Waals surface area contributed by atoms with Crippen LogP contribution in [0, 0.1) is 0 Å². The van der Waals surface area contributed by atoms with Gasteiger partial charge in [-0.2, -0.15) is 0 Å². The third kappa shape index (κ3) is 1.17. The van der Waals surface area contributed by atoms with Crippen molar-refractivity contribution in [2.75, 3.05) is 26.2 Å². The summed E-state index contributed by atoms with van der Waals surface area (Å²) in [6, 6.07) is 0. The first-order valence-corrected chi connectivity index (χ1v) is 4.34. The Bertz CT molecular complexity index is 162. The van der Waals surface area contributed by atoms with E-state index in [2.05, 4.69) is 17.1 Å². The van der Waals surface area contributed by atoms with Gasteiger partial charge in [-0.3, -0.25) is 4.90 Å². The molecule has 2 N–H and O–H groups in total. The number of nitrogens with one attached hydrogen (secondary N) is 1. The van der Waals surface area contributed by atoms with Gasteiger partial charge in [-0.05, 0) is 13.3 Å². The average Bonchev–Trinajstić information content (AvgIpc) is 2.22. The van der Waals surface area contributed by atoms with Crippen LogP contribution in [0.25, 0.3) is 0 Å². The van der Waals surface area contributed by atoms with Crippen LogP contribution in [0.1, 0.15) is 13.3 Å². The molecule has 0 aromatic rings. The summed E-state index contributed by atoms with van der Waals surface area (Å²) in [6.07, 6.45) is 0.833. The van der Waals surface area contributed by atoms with Gasteiger partial charge in [-0.1, -0.05) is 0 Å². The molecule has 0 radical (unpaired) electrons. The Hall–Kier alpha value is -0.120. The number of β-amino-alcohol motifs (C(OH)–C–C–N with tert-alkyl or cyclic N) is 1. The second-order valence-electron chi connectivity index (χ2n) is 3.98. The van der Waals surface area contributed by atoms with Gasteiger partial charge in [0.15, 0.2) is 0 Å². The molecule has 2 heterocycles. The second kappa shape index (κ2) is 2.44. The third-order valence-corrected chi connectivity index (χ3v) is 2.93. The topological polar surface area (TPSA) is 35.5 Å². The van der Waals surface area contributed by atoms with Crippen LogP contribution in [0.15, 0.2) is 0 Å². The molecule has 2 fully saturated rings. The van der Waals surface area contributed by atoms with Gasteiger partial charge < -0.3 is 10.4 Å². The van der Waals surface area contributed by atoms with Gasteiger partial charge in [-0.15, -0.1) is 0 Å². The Morgan fingerprint density at radius 1 is 1.64 bits per heavy atom. The fourth-order valence-electron chi connectivity index (χ4n) is 2.29. The maximum absolute atomic E-state index is 9.46. The molecule has 0 spiro atoms. The van der Waals surface area contributed by atoms with Crippen LogP contribution in [0.4, 0.5) is 0 Å². The maximum atomic E-state index is 9.46. The number of aliphatic hydroxyl groups excluding tert-OH is 1. The summed E-state index contributed by atoms with van der Waals surface area (Å²) in [6.45, 7) is 6.30. The lowest BCUT2D eigenvalue weighted by Crippen LogP contribution is -2.55. The van der Waals surface area contributed by atoms with E-state index in [4.69, 9.17) is 0 Å². The molecule has 0 amide bonds. The highest BCUT2D eigenvalue weighted by Crippen LogP contribution is 2.29. The van der Waals surface area contributed by atoms with E-state index in [1.165, 1.54) is 0 Å². The minimum atomic E-state index is -0.0973. The molecule has 0 bridgehead atoms. The van der Waals surface area contributed by atoms with Gasteiger partial charge in [0.05, 0.1) is 6.10 Å². The van der Waals surface area contributed by atoms with E-state index in [0.29, 0.717) is 0 Å². The highest BCUT2D eigenvalue weighted by molar-refractivity contribution is 5.00. The number of rotatable bonds is 0. The molecule has 11 heavy (non-hydrogen) atoms. The molecule has 0 saturated carbocycles. The number of fused-ring (bicyclic) bond motifs is 1. The van der Waals surface area contributed by atoms with Crippen molar-refractivity contribution in [2.45, 2.75) is 25.0 Å². The third-order valence-electron chi connectivity index (χ3n) is 2.93. The number of aliphatic hydroxyl groups is 1. The summed E-state index contributed by atoms with van der Waals surface area (Å²) in [5.41, 5.74) is 0.234. The van der Waals surface area contributed by atoms with Crippen LogP contribution in [-0.2, 0) is 0 Å². The van der Waals surface area contributed by atoms with Gasteiger partial charge in [0.25, 0.3) is 0 Å². The van der Waals surface area contributed by atoms with Crippen LogP contribution in [-0.4, -0.2) is 47.8 Å². The lowest BCUT2D eigenvalue weighted by molar-refractivity contribution is 0.121. The second-order valence-corrected chi connectivity index (χ2v) is 3.98. The highest BCUT2D eigenvalue weighted by Gasteiger charge is 2.42. The van der Waals surface area contributed by atoms with E-state index in [-0.39, 0.29) is 11.6 Å². The Labute approximate surface area is 67.4 Å².